The lowest BCUT2D eigenvalue weighted by atomic mass is 9.96. The minimum Gasteiger partial charge on any atom is -0.507 e. The molecule has 96 valence electrons. The van der Waals surface area contributed by atoms with E-state index in [0.717, 1.165) is 33.3 Å². The Morgan fingerprint density at radius 3 is 2.79 bits per heavy atom. The average molecular weight is 270 g/mol. The zero-order valence-corrected chi connectivity index (χ0v) is 11.6. The van der Waals surface area contributed by atoms with Crippen molar-refractivity contribution < 1.29 is 5.11 Å². The number of hydrogen-bond acceptors (Lipinski definition) is 4. The van der Waals surface area contributed by atoms with Gasteiger partial charge in [-0.15, -0.1) is 0 Å². The quantitative estimate of drug-likeness (QED) is 0.739. The second-order valence-corrected chi connectivity index (χ2v) is 5.12. The van der Waals surface area contributed by atoms with Gasteiger partial charge in [-0.2, -0.15) is 4.37 Å². The predicted molar refractivity (Wildman–Crippen MR) is 81.0 cm³/mol. The van der Waals surface area contributed by atoms with Crippen molar-refractivity contribution >= 4 is 28.0 Å². The van der Waals surface area contributed by atoms with Gasteiger partial charge < -0.3 is 10.4 Å². The molecular formula is C15H14N2OS. The highest BCUT2D eigenvalue weighted by Gasteiger charge is 2.14. The van der Waals surface area contributed by atoms with Crippen molar-refractivity contribution in [2.24, 2.45) is 0 Å². The second-order valence-electron chi connectivity index (χ2n) is 4.45. The number of phenols is 1. The summed E-state index contributed by atoms with van der Waals surface area (Å²) in [4.78, 5) is 0. The van der Waals surface area contributed by atoms with E-state index in [-0.39, 0.29) is 0 Å². The van der Waals surface area contributed by atoms with Crippen molar-refractivity contribution in [2.45, 2.75) is 6.92 Å². The Balaban J connectivity index is 2.48. The van der Waals surface area contributed by atoms with Crippen LogP contribution in [0.15, 0.2) is 35.7 Å². The number of benzene rings is 2. The van der Waals surface area contributed by atoms with E-state index in [4.69, 9.17) is 0 Å². The molecule has 0 unspecified atom stereocenters. The van der Waals surface area contributed by atoms with Crippen LogP contribution in [0.2, 0.25) is 0 Å². The number of hydrogen-bond donors (Lipinski definition) is 2. The molecule has 0 aliphatic heterocycles. The van der Waals surface area contributed by atoms with Gasteiger partial charge >= 0.3 is 0 Å². The summed E-state index contributed by atoms with van der Waals surface area (Å²) in [6, 6.07) is 9.67. The zero-order valence-electron chi connectivity index (χ0n) is 10.8. The Hall–Kier alpha value is -2.07. The number of aromatic nitrogens is 1. The molecule has 0 atom stereocenters. The number of fused-ring (bicyclic) bond motifs is 1. The summed E-state index contributed by atoms with van der Waals surface area (Å²) in [5, 5.41) is 17.2. The lowest BCUT2D eigenvalue weighted by molar-refractivity contribution is 0.481. The van der Waals surface area contributed by atoms with Crippen molar-refractivity contribution in [2.75, 3.05) is 12.4 Å². The van der Waals surface area contributed by atoms with E-state index in [9.17, 15) is 5.11 Å². The summed E-state index contributed by atoms with van der Waals surface area (Å²) in [7, 11) is 1.90. The molecule has 0 amide bonds. The molecule has 0 saturated heterocycles. The molecule has 0 aliphatic carbocycles. The highest BCUT2D eigenvalue weighted by atomic mass is 32.1. The smallest absolute Gasteiger partial charge is 0.123 e. The average Bonchev–Trinajstić information content (AvgIpc) is 2.91. The minimum atomic E-state index is 0.314. The molecule has 0 fully saturated rings. The molecule has 3 rings (SSSR count). The fraction of sp³-hybridized carbons (Fsp3) is 0.133. The van der Waals surface area contributed by atoms with E-state index in [2.05, 4.69) is 15.8 Å². The first-order chi connectivity index (χ1) is 9.22. The maximum Gasteiger partial charge on any atom is 0.123 e. The van der Waals surface area contributed by atoms with Crippen molar-refractivity contribution in [1.29, 1.82) is 0 Å². The van der Waals surface area contributed by atoms with E-state index in [1.807, 2.05) is 37.6 Å². The molecule has 2 aromatic carbocycles. The normalized spacial score (nSPS) is 10.8. The van der Waals surface area contributed by atoms with Crippen LogP contribution in [0.5, 0.6) is 5.75 Å². The van der Waals surface area contributed by atoms with E-state index < -0.39 is 0 Å². The van der Waals surface area contributed by atoms with Crippen LogP contribution >= 0.6 is 11.5 Å². The molecule has 1 aromatic heterocycles. The van der Waals surface area contributed by atoms with Crippen molar-refractivity contribution in [3.63, 3.8) is 0 Å². The van der Waals surface area contributed by atoms with Gasteiger partial charge in [0, 0.05) is 29.1 Å². The van der Waals surface area contributed by atoms with Crippen LogP contribution in [0, 0.1) is 6.92 Å². The molecule has 2 N–H and O–H groups in total. The van der Waals surface area contributed by atoms with E-state index in [0.29, 0.717) is 5.75 Å². The zero-order chi connectivity index (χ0) is 13.4. The Morgan fingerprint density at radius 1 is 1.26 bits per heavy atom. The summed E-state index contributed by atoms with van der Waals surface area (Å²) in [5.74, 6) is 0.314. The lowest BCUT2D eigenvalue weighted by Crippen LogP contribution is -1.95. The van der Waals surface area contributed by atoms with Crippen LogP contribution in [0.25, 0.3) is 22.0 Å². The molecule has 0 aliphatic rings. The van der Waals surface area contributed by atoms with Gasteiger partial charge in [0.15, 0.2) is 0 Å². The monoisotopic (exact) mass is 270 g/mol. The Morgan fingerprint density at radius 2 is 2.11 bits per heavy atom. The van der Waals surface area contributed by atoms with E-state index in [1.165, 1.54) is 11.5 Å². The third kappa shape index (κ3) is 1.85. The largest absolute Gasteiger partial charge is 0.507 e. The molecule has 19 heavy (non-hydrogen) atoms. The Kier molecular flexibility index (Phi) is 2.87. The van der Waals surface area contributed by atoms with Gasteiger partial charge in [-0.05, 0) is 47.6 Å². The molecule has 0 saturated carbocycles. The minimum absolute atomic E-state index is 0.314. The van der Waals surface area contributed by atoms with Crippen LogP contribution in [0.3, 0.4) is 0 Å². The number of rotatable bonds is 2. The van der Waals surface area contributed by atoms with Crippen LogP contribution in [-0.4, -0.2) is 16.5 Å². The highest BCUT2D eigenvalue weighted by Crippen LogP contribution is 2.40. The Bertz CT molecular complexity index is 735. The van der Waals surface area contributed by atoms with Gasteiger partial charge in [0.05, 0.1) is 5.69 Å². The van der Waals surface area contributed by atoms with Crippen molar-refractivity contribution in [3.05, 3.63) is 41.3 Å². The number of anilines is 1. The SMILES string of the molecule is CNc1cc(C)c2c(O)cccc2c1-c1ccsn1. The first-order valence-electron chi connectivity index (χ1n) is 6.06. The van der Waals surface area contributed by atoms with Crippen molar-refractivity contribution in [3.8, 4) is 17.0 Å². The molecule has 3 nitrogen and oxygen atoms in total. The highest BCUT2D eigenvalue weighted by molar-refractivity contribution is 7.03. The summed E-state index contributed by atoms with van der Waals surface area (Å²) < 4.78 is 4.42. The molecular weight excluding hydrogens is 256 g/mol. The van der Waals surface area contributed by atoms with E-state index in [1.54, 1.807) is 6.07 Å². The van der Waals surface area contributed by atoms with Gasteiger partial charge in [0.2, 0.25) is 0 Å². The fourth-order valence-electron chi connectivity index (χ4n) is 2.48. The topological polar surface area (TPSA) is 45.1 Å². The second kappa shape index (κ2) is 4.55. The van der Waals surface area contributed by atoms with Crippen LogP contribution in [0.1, 0.15) is 5.56 Å². The maximum atomic E-state index is 10.1. The molecule has 1 heterocycles. The van der Waals surface area contributed by atoms with Crippen LogP contribution in [-0.2, 0) is 0 Å². The standard InChI is InChI=1S/C15H14N2OS/c1-9-8-12(16-2)15(11-6-7-19-17-11)10-4-3-5-13(18)14(9)10/h3-8,16,18H,1-2H3. The number of aryl methyl sites for hydroxylation is 1. The summed E-state index contributed by atoms with van der Waals surface area (Å²) in [6.45, 7) is 2.01. The summed E-state index contributed by atoms with van der Waals surface area (Å²) >= 11 is 1.43. The first kappa shape index (κ1) is 12.0. The molecule has 4 heteroatoms. The third-order valence-corrected chi connectivity index (χ3v) is 3.86. The molecule has 0 bridgehead atoms. The number of nitrogens with zero attached hydrogens (tertiary/aromatic N) is 1. The number of phenolic OH excluding ortho intramolecular Hbond substituents is 1. The lowest BCUT2D eigenvalue weighted by Gasteiger charge is -2.14. The maximum absolute atomic E-state index is 10.1. The van der Waals surface area contributed by atoms with E-state index >= 15 is 0 Å². The van der Waals surface area contributed by atoms with Crippen LogP contribution in [0.4, 0.5) is 5.69 Å². The molecule has 0 spiro atoms. The number of nitrogens with one attached hydrogen (secondary N) is 1. The van der Waals surface area contributed by atoms with Gasteiger partial charge in [-0.1, -0.05) is 12.1 Å². The fourth-order valence-corrected chi connectivity index (χ4v) is 3.00. The van der Waals surface area contributed by atoms with Gasteiger partial charge in [-0.25, -0.2) is 0 Å². The van der Waals surface area contributed by atoms with Crippen molar-refractivity contribution in [1.82, 2.24) is 4.37 Å². The van der Waals surface area contributed by atoms with Gasteiger partial charge in [0.25, 0.3) is 0 Å². The molecule has 3 aromatic rings. The van der Waals surface area contributed by atoms with Gasteiger partial charge in [0.1, 0.15) is 5.75 Å². The first-order valence-corrected chi connectivity index (χ1v) is 6.90. The number of aromatic hydroxyl groups is 1. The molecule has 0 radical (unpaired) electrons. The van der Waals surface area contributed by atoms with Gasteiger partial charge in [-0.3, -0.25) is 0 Å². The Labute approximate surface area is 115 Å². The predicted octanol–water partition coefficient (Wildman–Crippen LogP) is 4.02. The third-order valence-electron chi connectivity index (χ3n) is 3.30. The summed E-state index contributed by atoms with van der Waals surface area (Å²) in [5.41, 5.74) is 4.06. The van der Waals surface area contributed by atoms with Crippen LogP contribution < -0.4 is 5.32 Å². The summed E-state index contributed by atoms with van der Waals surface area (Å²) in [6.07, 6.45) is 0.